The minimum Gasteiger partial charge on any atom is -0.437 e. The van der Waals surface area contributed by atoms with Gasteiger partial charge in [0.1, 0.15) is 5.75 Å². The highest BCUT2D eigenvalue weighted by Gasteiger charge is 2.15. The van der Waals surface area contributed by atoms with E-state index >= 15 is 0 Å². The van der Waals surface area contributed by atoms with E-state index in [1.165, 1.54) is 0 Å². The van der Waals surface area contributed by atoms with Crippen LogP contribution in [0.1, 0.15) is 11.3 Å². The summed E-state index contributed by atoms with van der Waals surface area (Å²) in [7, 11) is 1.80. The summed E-state index contributed by atoms with van der Waals surface area (Å²) in [5.41, 5.74) is 7.40. The molecule has 0 aliphatic rings. The van der Waals surface area contributed by atoms with Crippen LogP contribution < -0.4 is 10.5 Å². The number of hydrogen-bond acceptors (Lipinski definition) is 3. The molecule has 6 heteroatoms. The van der Waals surface area contributed by atoms with E-state index in [0.717, 1.165) is 11.3 Å². The van der Waals surface area contributed by atoms with Gasteiger partial charge in [0.25, 0.3) is 0 Å². The molecule has 96 valence electrons. The van der Waals surface area contributed by atoms with Crippen LogP contribution >= 0.6 is 23.2 Å². The zero-order chi connectivity index (χ0) is 13.3. The van der Waals surface area contributed by atoms with Crippen LogP contribution in [0.25, 0.3) is 0 Å². The van der Waals surface area contributed by atoms with Gasteiger partial charge in [0.2, 0.25) is 5.88 Å². The first-order valence-electron chi connectivity index (χ1n) is 5.38. The van der Waals surface area contributed by atoms with Crippen LogP contribution in [0, 0.1) is 6.92 Å². The Labute approximate surface area is 115 Å². The highest BCUT2D eigenvalue weighted by Crippen LogP contribution is 2.33. The molecule has 0 aliphatic heterocycles. The van der Waals surface area contributed by atoms with Crippen molar-refractivity contribution in [3.63, 3.8) is 0 Å². The van der Waals surface area contributed by atoms with Crippen molar-refractivity contribution in [2.24, 2.45) is 12.8 Å². The summed E-state index contributed by atoms with van der Waals surface area (Å²) >= 11 is 11.9. The molecule has 0 saturated carbocycles. The van der Waals surface area contributed by atoms with Crippen molar-refractivity contribution in [3.05, 3.63) is 39.5 Å². The summed E-state index contributed by atoms with van der Waals surface area (Å²) < 4.78 is 7.41. The third-order valence-electron chi connectivity index (χ3n) is 2.59. The Morgan fingerprint density at radius 1 is 1.39 bits per heavy atom. The number of benzene rings is 1. The molecule has 2 N–H and O–H groups in total. The Kier molecular flexibility index (Phi) is 3.80. The fourth-order valence-corrected chi connectivity index (χ4v) is 2.15. The first kappa shape index (κ1) is 13.2. The van der Waals surface area contributed by atoms with Gasteiger partial charge in [-0.3, -0.25) is 0 Å². The summed E-state index contributed by atoms with van der Waals surface area (Å²) in [5, 5.41) is 5.28. The maximum Gasteiger partial charge on any atom is 0.222 e. The molecule has 0 bridgehead atoms. The molecule has 2 aromatic rings. The molecule has 4 nitrogen and oxygen atoms in total. The lowest BCUT2D eigenvalue weighted by molar-refractivity contribution is 0.426. The molecular weight excluding hydrogens is 273 g/mol. The lowest BCUT2D eigenvalue weighted by Gasteiger charge is -2.09. The summed E-state index contributed by atoms with van der Waals surface area (Å²) in [4.78, 5) is 0. The molecule has 2 rings (SSSR count). The second-order valence-corrected chi connectivity index (χ2v) is 4.72. The predicted octanol–water partition coefficient (Wildman–Crippen LogP) is 3.29. The fourth-order valence-electron chi connectivity index (χ4n) is 1.71. The second kappa shape index (κ2) is 5.18. The van der Waals surface area contributed by atoms with Crippen LogP contribution in [0.5, 0.6) is 11.6 Å². The van der Waals surface area contributed by atoms with Crippen LogP contribution in [0.3, 0.4) is 0 Å². The summed E-state index contributed by atoms with van der Waals surface area (Å²) in [6.07, 6.45) is 0. The average molecular weight is 286 g/mol. The van der Waals surface area contributed by atoms with Crippen LogP contribution in [-0.2, 0) is 13.6 Å². The third kappa shape index (κ3) is 2.46. The van der Waals surface area contributed by atoms with E-state index in [1.807, 2.05) is 6.92 Å². The monoisotopic (exact) mass is 285 g/mol. The van der Waals surface area contributed by atoms with Gasteiger partial charge in [-0.2, -0.15) is 5.10 Å². The van der Waals surface area contributed by atoms with Crippen LogP contribution in [0.15, 0.2) is 18.2 Å². The van der Waals surface area contributed by atoms with Crippen LogP contribution in [-0.4, -0.2) is 9.78 Å². The molecular formula is C12H13Cl2N3O. The van der Waals surface area contributed by atoms with Gasteiger partial charge in [-0.05, 0) is 25.1 Å². The largest absolute Gasteiger partial charge is 0.437 e. The zero-order valence-electron chi connectivity index (χ0n) is 10.1. The zero-order valence-corrected chi connectivity index (χ0v) is 11.6. The minimum atomic E-state index is 0.361. The van der Waals surface area contributed by atoms with Gasteiger partial charge in [0.15, 0.2) is 0 Å². The van der Waals surface area contributed by atoms with Gasteiger partial charge in [-0.15, -0.1) is 0 Å². The Hall–Kier alpha value is -1.23. The number of aryl methyl sites for hydroxylation is 2. The van der Waals surface area contributed by atoms with Gasteiger partial charge in [0.05, 0.1) is 16.3 Å². The molecule has 0 atom stereocenters. The molecule has 0 aliphatic carbocycles. The number of nitrogens with two attached hydrogens (primary N) is 1. The first-order chi connectivity index (χ1) is 8.52. The smallest absolute Gasteiger partial charge is 0.222 e. The molecule has 1 aromatic carbocycles. The number of ether oxygens (including phenoxy) is 1. The maximum absolute atomic E-state index is 6.06. The topological polar surface area (TPSA) is 53.1 Å². The SMILES string of the molecule is Cc1nn(C)c(Oc2ccc(Cl)cc2Cl)c1CN. The third-order valence-corrected chi connectivity index (χ3v) is 3.12. The van der Waals surface area contributed by atoms with Crippen molar-refractivity contribution in [2.75, 3.05) is 0 Å². The highest BCUT2D eigenvalue weighted by atomic mass is 35.5. The van der Waals surface area contributed by atoms with Crippen molar-refractivity contribution >= 4 is 23.2 Å². The molecule has 18 heavy (non-hydrogen) atoms. The Bertz CT molecular complexity index is 581. The second-order valence-electron chi connectivity index (χ2n) is 3.87. The summed E-state index contributed by atoms with van der Waals surface area (Å²) in [6.45, 7) is 2.25. The molecule has 0 radical (unpaired) electrons. The lowest BCUT2D eigenvalue weighted by Crippen LogP contribution is -2.01. The molecule has 0 saturated heterocycles. The van der Waals surface area contributed by atoms with E-state index in [2.05, 4.69) is 5.10 Å². The lowest BCUT2D eigenvalue weighted by atomic mass is 10.2. The predicted molar refractivity (Wildman–Crippen MR) is 72.4 cm³/mol. The van der Waals surface area contributed by atoms with Crippen molar-refractivity contribution in [3.8, 4) is 11.6 Å². The molecule has 1 aromatic heterocycles. The first-order valence-corrected chi connectivity index (χ1v) is 6.14. The van der Waals surface area contributed by atoms with E-state index in [1.54, 1.807) is 29.9 Å². The minimum absolute atomic E-state index is 0.361. The standard InChI is InChI=1S/C12H13Cl2N3O/c1-7-9(6-15)12(17(2)16-7)18-11-4-3-8(13)5-10(11)14/h3-5H,6,15H2,1-2H3. The van der Waals surface area contributed by atoms with Crippen LogP contribution in [0.2, 0.25) is 10.0 Å². The van der Waals surface area contributed by atoms with Gasteiger partial charge >= 0.3 is 0 Å². The Morgan fingerprint density at radius 3 is 2.72 bits per heavy atom. The molecule has 0 spiro atoms. The normalized spacial score (nSPS) is 10.7. The van der Waals surface area contributed by atoms with Crippen molar-refractivity contribution < 1.29 is 4.74 Å². The van der Waals surface area contributed by atoms with E-state index in [0.29, 0.717) is 28.2 Å². The molecule has 0 unspecified atom stereocenters. The van der Waals surface area contributed by atoms with Crippen molar-refractivity contribution in [2.45, 2.75) is 13.5 Å². The van der Waals surface area contributed by atoms with E-state index < -0.39 is 0 Å². The molecule has 0 amide bonds. The van der Waals surface area contributed by atoms with E-state index in [4.69, 9.17) is 33.7 Å². The highest BCUT2D eigenvalue weighted by molar-refractivity contribution is 6.35. The van der Waals surface area contributed by atoms with Crippen molar-refractivity contribution in [1.29, 1.82) is 0 Å². The number of rotatable bonds is 3. The fraction of sp³-hybridized carbons (Fsp3) is 0.250. The van der Waals surface area contributed by atoms with Gasteiger partial charge < -0.3 is 10.5 Å². The number of nitrogens with zero attached hydrogens (tertiary/aromatic N) is 2. The molecule has 0 fully saturated rings. The number of hydrogen-bond donors (Lipinski definition) is 1. The quantitative estimate of drug-likeness (QED) is 0.942. The van der Waals surface area contributed by atoms with E-state index in [-0.39, 0.29) is 0 Å². The molecule has 1 heterocycles. The van der Waals surface area contributed by atoms with Gasteiger partial charge in [-0.25, -0.2) is 4.68 Å². The van der Waals surface area contributed by atoms with Gasteiger partial charge in [0, 0.05) is 18.6 Å². The van der Waals surface area contributed by atoms with E-state index in [9.17, 15) is 0 Å². The van der Waals surface area contributed by atoms with Crippen molar-refractivity contribution in [1.82, 2.24) is 9.78 Å². The Morgan fingerprint density at radius 2 is 2.11 bits per heavy atom. The average Bonchev–Trinajstić information content (AvgIpc) is 2.57. The summed E-state index contributed by atoms with van der Waals surface area (Å²) in [5.74, 6) is 1.12. The number of aromatic nitrogens is 2. The Balaban J connectivity index is 2.39. The van der Waals surface area contributed by atoms with Gasteiger partial charge in [-0.1, -0.05) is 23.2 Å². The summed E-state index contributed by atoms with van der Waals surface area (Å²) in [6, 6.07) is 5.06. The number of halogens is 2. The maximum atomic E-state index is 6.06. The van der Waals surface area contributed by atoms with Crippen LogP contribution in [0.4, 0.5) is 0 Å².